The molecule has 0 saturated carbocycles. The van der Waals surface area contributed by atoms with Gasteiger partial charge in [0.1, 0.15) is 0 Å². The molecular formula is C18H14Cl2S4. The highest BCUT2D eigenvalue weighted by atomic mass is 35.5. The molecule has 2 aromatic carbocycles. The highest BCUT2D eigenvalue weighted by Crippen LogP contribution is 2.35. The molecule has 0 unspecified atom stereocenters. The van der Waals surface area contributed by atoms with Gasteiger partial charge in [0.05, 0.1) is 0 Å². The number of halogens is 2. The van der Waals surface area contributed by atoms with Crippen molar-refractivity contribution in [3.8, 4) is 0 Å². The first-order valence-corrected chi connectivity index (χ1v) is 11.2. The van der Waals surface area contributed by atoms with E-state index >= 15 is 0 Å². The molecule has 124 valence electrons. The molecule has 2 aromatic rings. The average molecular weight is 429 g/mol. The molecule has 0 aliphatic rings. The lowest BCUT2D eigenvalue weighted by molar-refractivity contribution is 1.26. The molecule has 6 heteroatoms. The van der Waals surface area contributed by atoms with Crippen LogP contribution in [0.3, 0.4) is 0 Å². The average Bonchev–Trinajstić information content (AvgIpc) is 2.63. The second kappa shape index (κ2) is 12.1. The summed E-state index contributed by atoms with van der Waals surface area (Å²) < 4.78 is 0. The predicted octanol–water partition coefficient (Wildman–Crippen LogP) is 8.65. The Morgan fingerprint density at radius 1 is 0.500 bits per heavy atom. The van der Waals surface area contributed by atoms with Crippen LogP contribution in [0.5, 0.6) is 0 Å². The third kappa shape index (κ3) is 6.87. The molecule has 0 aliphatic heterocycles. The summed E-state index contributed by atoms with van der Waals surface area (Å²) in [4.78, 5) is 4.80. The fraction of sp³-hybridized carbons (Fsp3) is 0. The highest BCUT2D eigenvalue weighted by Gasteiger charge is 2.01. The van der Waals surface area contributed by atoms with E-state index in [-0.39, 0.29) is 0 Å². The third-order valence-electron chi connectivity index (χ3n) is 2.64. The number of hydrogen-bond acceptors (Lipinski definition) is 4. The van der Waals surface area contributed by atoms with Crippen LogP contribution in [-0.4, -0.2) is 0 Å². The molecule has 0 N–H and O–H groups in total. The molecule has 24 heavy (non-hydrogen) atoms. The van der Waals surface area contributed by atoms with E-state index in [1.165, 1.54) is 30.7 Å². The molecule has 0 bridgehead atoms. The van der Waals surface area contributed by atoms with E-state index in [2.05, 4.69) is 35.1 Å². The lowest BCUT2D eigenvalue weighted by atomic mass is 10.4. The molecule has 0 aromatic heterocycles. The van der Waals surface area contributed by atoms with Gasteiger partial charge < -0.3 is 0 Å². The van der Waals surface area contributed by atoms with Gasteiger partial charge in [0, 0.05) is 30.7 Å². The van der Waals surface area contributed by atoms with Crippen molar-refractivity contribution in [1.29, 1.82) is 0 Å². The number of hydrogen-bond donors (Lipinski definition) is 0. The maximum Gasteiger partial charge on any atom is 0.0256 e. The summed E-state index contributed by atoms with van der Waals surface area (Å²) in [6.07, 6.45) is 0. The van der Waals surface area contributed by atoms with Gasteiger partial charge in [-0.25, -0.2) is 0 Å². The molecule has 2 rings (SSSR count). The van der Waals surface area contributed by atoms with Crippen LogP contribution < -0.4 is 0 Å². The summed E-state index contributed by atoms with van der Waals surface area (Å²) >= 11 is 17.8. The number of thioether (sulfide) groups is 4. The van der Waals surface area contributed by atoms with E-state index in [1.54, 1.807) is 47.0 Å². The zero-order valence-electron chi connectivity index (χ0n) is 12.5. The minimum Gasteiger partial charge on any atom is -0.0963 e. The smallest absolute Gasteiger partial charge is 0.0256 e. The molecule has 0 nitrogen and oxygen atoms in total. The van der Waals surface area contributed by atoms with E-state index in [0.29, 0.717) is 0 Å². The van der Waals surface area contributed by atoms with E-state index in [1.807, 2.05) is 35.1 Å². The minimum absolute atomic E-state index is 1.19. The van der Waals surface area contributed by atoms with Crippen molar-refractivity contribution in [3.05, 3.63) is 81.2 Å². The Morgan fingerprint density at radius 2 is 0.792 bits per heavy atom. The topological polar surface area (TPSA) is 0 Å². The van der Waals surface area contributed by atoms with Crippen molar-refractivity contribution in [1.82, 2.24) is 0 Å². The summed E-state index contributed by atoms with van der Waals surface area (Å²) in [5.74, 6) is 0. The lowest BCUT2D eigenvalue weighted by Crippen LogP contribution is -1.75. The van der Waals surface area contributed by atoms with Crippen molar-refractivity contribution in [2.24, 2.45) is 0 Å². The van der Waals surface area contributed by atoms with Gasteiger partial charge in [-0.05, 0) is 45.9 Å². The van der Waals surface area contributed by atoms with Gasteiger partial charge in [0.25, 0.3) is 0 Å². The minimum atomic E-state index is 1.19. The summed E-state index contributed by atoms with van der Waals surface area (Å²) in [5, 5.41) is 7.95. The second-order valence-corrected chi connectivity index (χ2v) is 8.46. The van der Waals surface area contributed by atoms with E-state index < -0.39 is 0 Å². The van der Waals surface area contributed by atoms with Gasteiger partial charge in [-0.15, -0.1) is 0 Å². The van der Waals surface area contributed by atoms with Crippen LogP contribution in [-0.2, 0) is 0 Å². The fourth-order valence-electron chi connectivity index (χ4n) is 1.69. The van der Waals surface area contributed by atoms with Crippen molar-refractivity contribution in [3.63, 3.8) is 0 Å². The van der Waals surface area contributed by atoms with Gasteiger partial charge in [0.2, 0.25) is 0 Å². The zero-order chi connectivity index (χ0) is 17.0. The first-order chi connectivity index (χ1) is 11.8. The second-order valence-electron chi connectivity index (χ2n) is 4.16. The number of benzene rings is 2. The molecule has 0 atom stereocenters. The summed E-state index contributed by atoms with van der Waals surface area (Å²) in [7, 11) is 0. The molecule has 0 amide bonds. The van der Waals surface area contributed by atoms with Gasteiger partial charge in [-0.3, -0.25) is 0 Å². The third-order valence-corrected chi connectivity index (χ3v) is 7.15. The molecule has 0 radical (unpaired) electrons. The van der Waals surface area contributed by atoms with E-state index in [4.69, 9.17) is 23.2 Å². The van der Waals surface area contributed by atoms with Gasteiger partial charge in [-0.1, -0.05) is 94.5 Å². The molecule has 0 aliphatic carbocycles. The van der Waals surface area contributed by atoms with Gasteiger partial charge >= 0.3 is 0 Å². The van der Waals surface area contributed by atoms with Crippen molar-refractivity contribution in [2.75, 3.05) is 0 Å². The maximum absolute atomic E-state index is 5.61. The Balaban J connectivity index is 1.99. The fourth-order valence-corrected chi connectivity index (χ4v) is 5.08. The van der Waals surface area contributed by atoms with Crippen LogP contribution in [0.2, 0.25) is 0 Å². The van der Waals surface area contributed by atoms with Crippen molar-refractivity contribution < 1.29 is 0 Å². The molecule has 0 spiro atoms. The van der Waals surface area contributed by atoms with Crippen LogP contribution in [0, 0.1) is 0 Å². The molecular weight excluding hydrogens is 415 g/mol. The zero-order valence-corrected chi connectivity index (χ0v) is 17.2. The standard InChI is InChI=1S/C18H14Cl2S4/c19-9-11-21-15-5-1-3-7-17(15)23-13-14-24-18-8-4-2-6-16(18)22-12-10-20/h1-14H/b11-9-,12-10-,14-13-. The maximum atomic E-state index is 5.61. The Labute approximate surface area is 170 Å². The first-order valence-electron chi connectivity index (χ1n) is 6.85. The SMILES string of the molecule is Cl/C=C\Sc1ccccc1S/C=C\Sc1ccccc1S/C=C\Cl. The van der Waals surface area contributed by atoms with Crippen LogP contribution in [0.25, 0.3) is 0 Å². The Bertz CT molecular complexity index is 665. The van der Waals surface area contributed by atoms with E-state index in [9.17, 15) is 0 Å². The lowest BCUT2D eigenvalue weighted by Gasteiger charge is -2.04. The predicted molar refractivity (Wildman–Crippen MR) is 115 cm³/mol. The Hall–Kier alpha value is -0.360. The van der Waals surface area contributed by atoms with Crippen molar-refractivity contribution >= 4 is 70.2 Å². The quantitative estimate of drug-likeness (QED) is 0.385. The summed E-state index contributed by atoms with van der Waals surface area (Å²) in [6.45, 7) is 0. The van der Waals surface area contributed by atoms with Crippen LogP contribution >= 0.6 is 70.2 Å². The highest BCUT2D eigenvalue weighted by molar-refractivity contribution is 8.07. The normalized spacial score (nSPS) is 11.9. The number of rotatable bonds is 8. The van der Waals surface area contributed by atoms with Crippen LogP contribution in [0.4, 0.5) is 0 Å². The molecule has 0 heterocycles. The monoisotopic (exact) mass is 428 g/mol. The summed E-state index contributed by atoms with van der Waals surface area (Å²) in [5.41, 5.74) is 3.06. The van der Waals surface area contributed by atoms with Crippen molar-refractivity contribution in [2.45, 2.75) is 19.6 Å². The largest absolute Gasteiger partial charge is 0.0963 e. The molecule has 0 fully saturated rings. The van der Waals surface area contributed by atoms with Crippen LogP contribution in [0.1, 0.15) is 0 Å². The van der Waals surface area contributed by atoms with Gasteiger partial charge in [-0.2, -0.15) is 0 Å². The Kier molecular flexibility index (Phi) is 10.0. The Morgan fingerprint density at radius 3 is 1.08 bits per heavy atom. The van der Waals surface area contributed by atoms with Crippen LogP contribution in [0.15, 0.2) is 101 Å². The van der Waals surface area contributed by atoms with Gasteiger partial charge in [0.15, 0.2) is 0 Å². The first kappa shape index (κ1) is 20.0. The molecule has 0 saturated heterocycles. The van der Waals surface area contributed by atoms with E-state index in [0.717, 1.165) is 0 Å². The summed E-state index contributed by atoms with van der Waals surface area (Å²) in [6, 6.07) is 16.6.